The summed E-state index contributed by atoms with van der Waals surface area (Å²) in [5, 5.41) is 20.5. The van der Waals surface area contributed by atoms with Gasteiger partial charge in [0.1, 0.15) is 49.4 Å². The van der Waals surface area contributed by atoms with Gasteiger partial charge in [-0.2, -0.15) is 5.26 Å². The molecule has 0 saturated carbocycles. The van der Waals surface area contributed by atoms with Gasteiger partial charge in [-0.15, -0.1) is 11.3 Å². The third kappa shape index (κ3) is 3.53. The first-order chi connectivity index (χ1) is 11.2. The Morgan fingerprint density at radius 2 is 1.96 bits per heavy atom. The highest BCUT2D eigenvalue weighted by Gasteiger charge is 2.24. The molecular formula is C17H22N4OS+2. The highest BCUT2D eigenvalue weighted by Crippen LogP contribution is 2.27. The van der Waals surface area contributed by atoms with Gasteiger partial charge in [0, 0.05) is 0 Å². The van der Waals surface area contributed by atoms with Gasteiger partial charge in [-0.25, -0.2) is 4.98 Å². The van der Waals surface area contributed by atoms with E-state index in [4.69, 9.17) is 0 Å². The Hall–Kier alpha value is -1.94. The second kappa shape index (κ2) is 7.09. The number of fused-ring (bicyclic) bond motifs is 1. The van der Waals surface area contributed by atoms with Crippen LogP contribution in [0.4, 0.5) is 0 Å². The molecule has 120 valence electrons. The number of likely N-dealkylation sites (N-methyl/N-ethyl adjacent to an activating group) is 1. The van der Waals surface area contributed by atoms with Gasteiger partial charge in [0.2, 0.25) is 0 Å². The number of aromatic nitrogens is 1. The van der Waals surface area contributed by atoms with E-state index in [9.17, 15) is 10.4 Å². The number of rotatable bonds is 4. The molecule has 1 fully saturated rings. The maximum absolute atomic E-state index is 10.5. The number of aliphatic hydroxyl groups excluding tert-OH is 1. The minimum Gasteiger partial charge on any atom is -0.506 e. The molecule has 1 aromatic carbocycles. The molecule has 0 bridgehead atoms. The topological polar surface area (TPSA) is 65.8 Å². The van der Waals surface area contributed by atoms with Crippen molar-refractivity contribution in [2.45, 2.75) is 6.92 Å². The molecule has 0 spiro atoms. The summed E-state index contributed by atoms with van der Waals surface area (Å²) in [5.41, 5.74) is 1.20. The Labute approximate surface area is 140 Å². The van der Waals surface area contributed by atoms with Crippen molar-refractivity contribution in [1.82, 2.24) is 4.98 Å². The Morgan fingerprint density at radius 1 is 1.26 bits per heavy atom. The Balaban J connectivity index is 1.78. The summed E-state index contributed by atoms with van der Waals surface area (Å²) < 4.78 is 1.04. The van der Waals surface area contributed by atoms with Gasteiger partial charge >= 0.3 is 0 Å². The van der Waals surface area contributed by atoms with Gasteiger partial charge < -0.3 is 14.9 Å². The number of para-hydroxylation sites is 1. The number of hydrogen-bond acceptors (Lipinski definition) is 4. The van der Waals surface area contributed by atoms with Crippen molar-refractivity contribution in [3.63, 3.8) is 0 Å². The maximum Gasteiger partial charge on any atom is 0.168 e. The van der Waals surface area contributed by atoms with Gasteiger partial charge in [-0.3, -0.25) is 0 Å². The van der Waals surface area contributed by atoms with Crippen molar-refractivity contribution in [2.75, 3.05) is 39.3 Å². The quantitative estimate of drug-likeness (QED) is 0.541. The van der Waals surface area contributed by atoms with Crippen LogP contribution >= 0.6 is 11.3 Å². The average Bonchev–Trinajstić information content (AvgIpc) is 2.99. The zero-order chi connectivity index (χ0) is 16.2. The number of nitrogens with one attached hydrogen (secondary N) is 2. The van der Waals surface area contributed by atoms with Crippen LogP contribution in [0.1, 0.15) is 11.9 Å². The first-order valence-electron chi connectivity index (χ1n) is 8.06. The minimum atomic E-state index is 0.168. The van der Waals surface area contributed by atoms with Gasteiger partial charge in [-0.1, -0.05) is 12.1 Å². The smallest absolute Gasteiger partial charge is 0.168 e. The fourth-order valence-corrected chi connectivity index (χ4v) is 4.01. The number of hydrogen-bond donors (Lipinski definition) is 3. The molecule has 2 heterocycles. The number of piperazine rings is 1. The van der Waals surface area contributed by atoms with Crippen LogP contribution in [0.15, 0.2) is 30.0 Å². The van der Waals surface area contributed by atoms with Gasteiger partial charge in [0.25, 0.3) is 0 Å². The lowest BCUT2D eigenvalue weighted by Crippen LogP contribution is -3.28. The van der Waals surface area contributed by atoms with Crippen LogP contribution in [0.3, 0.4) is 0 Å². The summed E-state index contributed by atoms with van der Waals surface area (Å²) in [6, 6.07) is 9.95. The van der Waals surface area contributed by atoms with E-state index in [2.05, 4.69) is 18.0 Å². The van der Waals surface area contributed by atoms with E-state index in [0.29, 0.717) is 17.1 Å². The van der Waals surface area contributed by atoms with Crippen LogP contribution in [0, 0.1) is 11.3 Å². The van der Waals surface area contributed by atoms with Crippen LogP contribution in [-0.2, 0) is 0 Å². The number of nitriles is 1. The van der Waals surface area contributed by atoms with Crippen molar-refractivity contribution in [3.8, 4) is 6.07 Å². The van der Waals surface area contributed by atoms with Crippen molar-refractivity contribution in [2.24, 2.45) is 0 Å². The van der Waals surface area contributed by atoms with Crippen LogP contribution < -0.4 is 9.80 Å². The Bertz CT molecular complexity index is 720. The molecule has 1 aliphatic heterocycles. The Morgan fingerprint density at radius 3 is 2.61 bits per heavy atom. The first kappa shape index (κ1) is 15.9. The standard InChI is InChI=1S/C17H20N4OS/c1-2-20-7-9-21(10-8-20)12-15(22)13(11-18)17-19-14-5-3-4-6-16(14)23-17/h3-6,22H,2,7-10,12H2,1H3/p+2. The lowest BCUT2D eigenvalue weighted by Gasteiger charge is -2.28. The van der Waals surface area contributed by atoms with E-state index < -0.39 is 0 Å². The van der Waals surface area contributed by atoms with Gasteiger partial charge in [0.15, 0.2) is 5.76 Å². The van der Waals surface area contributed by atoms with E-state index >= 15 is 0 Å². The molecule has 1 aromatic heterocycles. The highest BCUT2D eigenvalue weighted by molar-refractivity contribution is 7.19. The number of quaternary nitrogens is 2. The molecular weight excluding hydrogens is 308 g/mol. The lowest BCUT2D eigenvalue weighted by atomic mass is 10.2. The largest absolute Gasteiger partial charge is 0.506 e. The molecule has 0 atom stereocenters. The number of nitrogens with zero attached hydrogens (tertiary/aromatic N) is 2. The third-order valence-corrected chi connectivity index (χ3v) is 5.54. The number of allylic oxidation sites excluding steroid dienone is 1. The highest BCUT2D eigenvalue weighted by atomic mass is 32.1. The summed E-state index contributed by atoms with van der Waals surface area (Å²) in [7, 11) is 0. The van der Waals surface area contributed by atoms with Crippen LogP contribution in [0.25, 0.3) is 15.8 Å². The number of aliphatic hydroxyl groups is 1. The minimum absolute atomic E-state index is 0.168. The van der Waals surface area contributed by atoms with Crippen LogP contribution in [-0.4, -0.2) is 49.4 Å². The number of benzene rings is 1. The zero-order valence-corrected chi connectivity index (χ0v) is 14.1. The maximum atomic E-state index is 10.5. The molecule has 1 saturated heterocycles. The monoisotopic (exact) mass is 330 g/mol. The van der Waals surface area contributed by atoms with E-state index in [0.717, 1.165) is 42.9 Å². The molecule has 2 aromatic rings. The van der Waals surface area contributed by atoms with E-state index in [1.165, 1.54) is 16.2 Å². The molecule has 0 amide bonds. The normalized spacial score (nSPS) is 22.6. The molecule has 0 radical (unpaired) electrons. The van der Waals surface area contributed by atoms with Crippen molar-refractivity contribution < 1.29 is 14.9 Å². The summed E-state index contributed by atoms with van der Waals surface area (Å²) in [4.78, 5) is 7.44. The average molecular weight is 330 g/mol. The van der Waals surface area contributed by atoms with Crippen molar-refractivity contribution in [3.05, 3.63) is 35.0 Å². The van der Waals surface area contributed by atoms with E-state index in [-0.39, 0.29) is 5.76 Å². The van der Waals surface area contributed by atoms with E-state index in [1.54, 1.807) is 4.90 Å². The summed E-state index contributed by atoms with van der Waals surface area (Å²) in [6.07, 6.45) is 0. The summed E-state index contributed by atoms with van der Waals surface area (Å²) in [5.74, 6) is 0.168. The second-order valence-electron chi connectivity index (χ2n) is 5.95. The second-order valence-corrected chi connectivity index (χ2v) is 6.98. The SMILES string of the molecule is CC[NH+]1CC[NH+](CC(O)=C(C#N)c2nc3ccccc3s2)CC1. The molecule has 0 aliphatic carbocycles. The first-order valence-corrected chi connectivity index (χ1v) is 8.88. The molecule has 1 aliphatic rings. The van der Waals surface area contributed by atoms with Crippen molar-refractivity contribution >= 4 is 27.1 Å². The van der Waals surface area contributed by atoms with Crippen LogP contribution in [0.2, 0.25) is 0 Å². The van der Waals surface area contributed by atoms with Gasteiger partial charge in [-0.05, 0) is 19.1 Å². The fraction of sp³-hybridized carbons (Fsp3) is 0.412. The molecule has 6 heteroatoms. The Kier molecular flexibility index (Phi) is 4.91. The summed E-state index contributed by atoms with van der Waals surface area (Å²) in [6.45, 7) is 8.19. The molecule has 3 N–H and O–H groups in total. The molecule has 3 rings (SSSR count). The molecule has 23 heavy (non-hydrogen) atoms. The number of thiazole rings is 1. The van der Waals surface area contributed by atoms with E-state index in [1.807, 2.05) is 24.3 Å². The fourth-order valence-electron chi connectivity index (χ4n) is 3.03. The molecule has 5 nitrogen and oxygen atoms in total. The summed E-state index contributed by atoms with van der Waals surface area (Å²) >= 11 is 1.46. The third-order valence-electron chi connectivity index (χ3n) is 4.49. The van der Waals surface area contributed by atoms with Crippen molar-refractivity contribution in [1.29, 1.82) is 5.26 Å². The predicted octanol–water partition coefficient (Wildman–Crippen LogP) is -0.108. The van der Waals surface area contributed by atoms with Gasteiger partial charge in [0.05, 0.1) is 16.8 Å². The van der Waals surface area contributed by atoms with Crippen LogP contribution in [0.5, 0.6) is 0 Å². The predicted molar refractivity (Wildman–Crippen MR) is 91.6 cm³/mol. The molecule has 0 unspecified atom stereocenters. The lowest BCUT2D eigenvalue weighted by molar-refractivity contribution is -1.01. The zero-order valence-electron chi connectivity index (χ0n) is 13.3.